The van der Waals surface area contributed by atoms with E-state index in [4.69, 9.17) is 4.74 Å². The Bertz CT molecular complexity index is 992. The van der Waals surface area contributed by atoms with E-state index in [9.17, 15) is 17.6 Å². The molecule has 0 amide bonds. The van der Waals surface area contributed by atoms with Gasteiger partial charge < -0.3 is 15.4 Å². The SMILES string of the molecule is F[C@H]1CNCC[C@@H]1Nc1cccc(-c2cnc3cnc(OCC(F)(F)F)cn23)n1. The van der Waals surface area contributed by atoms with Gasteiger partial charge in [-0.2, -0.15) is 13.2 Å². The van der Waals surface area contributed by atoms with Gasteiger partial charge in [0, 0.05) is 6.54 Å². The molecule has 0 saturated carbocycles. The van der Waals surface area contributed by atoms with Gasteiger partial charge in [-0.05, 0) is 25.1 Å². The number of nitrogens with zero attached hydrogens (tertiary/aromatic N) is 4. The molecule has 0 radical (unpaired) electrons. The maximum atomic E-state index is 14.0. The molecular weight excluding hydrogens is 392 g/mol. The number of aromatic nitrogens is 4. The van der Waals surface area contributed by atoms with Crippen molar-refractivity contribution in [2.45, 2.75) is 24.8 Å². The lowest BCUT2D eigenvalue weighted by molar-refractivity contribution is -0.154. The number of hydrogen-bond acceptors (Lipinski definition) is 6. The number of ether oxygens (including phenoxy) is 1. The van der Waals surface area contributed by atoms with Crippen molar-refractivity contribution in [1.29, 1.82) is 0 Å². The first-order valence-electron chi connectivity index (χ1n) is 9.00. The van der Waals surface area contributed by atoms with Crippen LogP contribution in [0.25, 0.3) is 17.0 Å². The van der Waals surface area contributed by atoms with Gasteiger partial charge in [0.1, 0.15) is 12.0 Å². The zero-order chi connectivity index (χ0) is 20.4. The monoisotopic (exact) mass is 410 g/mol. The van der Waals surface area contributed by atoms with Crippen molar-refractivity contribution in [3.63, 3.8) is 0 Å². The maximum absolute atomic E-state index is 14.0. The highest BCUT2D eigenvalue weighted by Crippen LogP contribution is 2.24. The molecule has 4 heterocycles. The third-order valence-corrected chi connectivity index (χ3v) is 4.51. The van der Waals surface area contributed by atoms with Crippen molar-refractivity contribution < 1.29 is 22.3 Å². The summed E-state index contributed by atoms with van der Waals surface area (Å²) in [6, 6.07) is 4.90. The lowest BCUT2D eigenvalue weighted by Gasteiger charge is -2.27. The molecule has 1 saturated heterocycles. The zero-order valence-electron chi connectivity index (χ0n) is 15.2. The van der Waals surface area contributed by atoms with Crippen LogP contribution in [-0.2, 0) is 0 Å². The second-order valence-corrected chi connectivity index (χ2v) is 6.67. The molecular formula is C18H18F4N6O. The topological polar surface area (TPSA) is 76.4 Å². The van der Waals surface area contributed by atoms with Crippen molar-refractivity contribution >= 4 is 11.5 Å². The van der Waals surface area contributed by atoms with Crippen LogP contribution in [0.1, 0.15) is 6.42 Å². The van der Waals surface area contributed by atoms with Gasteiger partial charge in [-0.1, -0.05) is 6.07 Å². The first kappa shape index (κ1) is 19.4. The summed E-state index contributed by atoms with van der Waals surface area (Å²) >= 11 is 0. The number of imidazole rings is 1. The summed E-state index contributed by atoms with van der Waals surface area (Å²) in [5.41, 5.74) is 1.51. The molecule has 0 aliphatic carbocycles. The second-order valence-electron chi connectivity index (χ2n) is 6.67. The van der Waals surface area contributed by atoms with Crippen LogP contribution in [0.4, 0.5) is 23.4 Å². The van der Waals surface area contributed by atoms with Gasteiger partial charge in [-0.3, -0.25) is 4.40 Å². The van der Waals surface area contributed by atoms with E-state index in [0.29, 0.717) is 29.3 Å². The molecule has 11 heteroatoms. The first-order valence-corrected chi connectivity index (χ1v) is 9.00. The van der Waals surface area contributed by atoms with Crippen LogP contribution in [0.5, 0.6) is 5.88 Å². The molecule has 1 aliphatic heterocycles. The number of nitrogens with one attached hydrogen (secondary N) is 2. The van der Waals surface area contributed by atoms with Gasteiger partial charge in [-0.15, -0.1) is 0 Å². The summed E-state index contributed by atoms with van der Waals surface area (Å²) in [6.07, 6.45) is -0.661. The predicted molar refractivity (Wildman–Crippen MR) is 97.6 cm³/mol. The second kappa shape index (κ2) is 7.82. The van der Waals surface area contributed by atoms with Crippen LogP contribution in [-0.4, -0.2) is 57.4 Å². The Labute approximate surface area is 163 Å². The molecule has 7 nitrogen and oxygen atoms in total. The van der Waals surface area contributed by atoms with Crippen LogP contribution >= 0.6 is 0 Å². The summed E-state index contributed by atoms with van der Waals surface area (Å²) < 4.78 is 57.5. The molecule has 1 fully saturated rings. The van der Waals surface area contributed by atoms with E-state index in [1.165, 1.54) is 12.4 Å². The molecule has 4 rings (SSSR count). The molecule has 3 aromatic heterocycles. The van der Waals surface area contributed by atoms with Crippen molar-refractivity contribution in [1.82, 2.24) is 24.7 Å². The summed E-state index contributed by atoms with van der Waals surface area (Å²) in [5.74, 6) is 0.327. The van der Waals surface area contributed by atoms with E-state index in [1.807, 2.05) is 0 Å². The molecule has 2 N–H and O–H groups in total. The van der Waals surface area contributed by atoms with E-state index in [-0.39, 0.29) is 18.5 Å². The van der Waals surface area contributed by atoms with Crippen molar-refractivity contribution in [3.05, 3.63) is 36.8 Å². The minimum absolute atomic E-state index is 0.182. The van der Waals surface area contributed by atoms with Gasteiger partial charge in [0.05, 0.1) is 36.0 Å². The van der Waals surface area contributed by atoms with Gasteiger partial charge in [0.15, 0.2) is 12.3 Å². The molecule has 1 aliphatic rings. The Kier molecular flexibility index (Phi) is 5.22. The average Bonchev–Trinajstić information content (AvgIpc) is 3.11. The Morgan fingerprint density at radius 3 is 2.90 bits per heavy atom. The third-order valence-electron chi connectivity index (χ3n) is 4.51. The van der Waals surface area contributed by atoms with Crippen LogP contribution in [0, 0.1) is 0 Å². The molecule has 154 valence electrons. The molecule has 2 atom stereocenters. The number of hydrogen-bond donors (Lipinski definition) is 2. The number of fused-ring (bicyclic) bond motifs is 1. The van der Waals surface area contributed by atoms with Crippen molar-refractivity contribution in [2.24, 2.45) is 0 Å². The molecule has 0 aromatic carbocycles. The number of pyridine rings is 1. The highest BCUT2D eigenvalue weighted by Gasteiger charge is 2.29. The van der Waals surface area contributed by atoms with Gasteiger partial charge >= 0.3 is 6.18 Å². The van der Waals surface area contributed by atoms with Crippen molar-refractivity contribution in [3.8, 4) is 17.3 Å². The fourth-order valence-corrected chi connectivity index (χ4v) is 3.12. The number of anilines is 1. The standard InChI is InChI=1S/C18H18F4N6O/c19-11-6-23-5-4-12(11)26-15-3-1-2-13(27-15)14-7-24-16-8-25-17(9-28(14)16)29-10-18(20,21)22/h1-3,7-9,11-12,23H,4-6,10H2,(H,26,27)/t11-,12-/m0/s1. The van der Waals surface area contributed by atoms with E-state index in [2.05, 4.69) is 25.6 Å². The fourth-order valence-electron chi connectivity index (χ4n) is 3.12. The smallest absolute Gasteiger partial charge is 0.422 e. The van der Waals surface area contributed by atoms with Gasteiger partial charge in [-0.25, -0.2) is 19.3 Å². The summed E-state index contributed by atoms with van der Waals surface area (Å²) in [5, 5.41) is 6.11. The average molecular weight is 410 g/mol. The molecule has 0 unspecified atom stereocenters. The highest BCUT2D eigenvalue weighted by molar-refractivity contribution is 5.61. The normalized spacial score (nSPS) is 20.0. The number of halogens is 4. The Hall–Kier alpha value is -2.95. The minimum Gasteiger partial charge on any atom is -0.467 e. The quantitative estimate of drug-likeness (QED) is 0.630. The van der Waals surface area contributed by atoms with Crippen LogP contribution < -0.4 is 15.4 Å². The fraction of sp³-hybridized carbons (Fsp3) is 0.389. The maximum Gasteiger partial charge on any atom is 0.422 e. The van der Waals surface area contributed by atoms with E-state index in [1.54, 1.807) is 28.8 Å². The van der Waals surface area contributed by atoms with E-state index < -0.39 is 19.0 Å². The van der Waals surface area contributed by atoms with Crippen LogP contribution in [0.3, 0.4) is 0 Å². The van der Waals surface area contributed by atoms with Gasteiger partial charge in [0.2, 0.25) is 5.88 Å². The van der Waals surface area contributed by atoms with E-state index >= 15 is 0 Å². The molecule has 0 spiro atoms. The van der Waals surface area contributed by atoms with E-state index in [0.717, 1.165) is 6.54 Å². The van der Waals surface area contributed by atoms with Crippen molar-refractivity contribution in [2.75, 3.05) is 25.0 Å². The highest BCUT2D eigenvalue weighted by atomic mass is 19.4. The molecule has 0 bridgehead atoms. The summed E-state index contributed by atoms with van der Waals surface area (Å²) in [7, 11) is 0. The largest absolute Gasteiger partial charge is 0.467 e. The molecule has 3 aromatic rings. The zero-order valence-corrected chi connectivity index (χ0v) is 15.2. The Morgan fingerprint density at radius 2 is 2.10 bits per heavy atom. The summed E-state index contributed by atoms with van der Waals surface area (Å²) in [4.78, 5) is 12.5. The Morgan fingerprint density at radius 1 is 1.24 bits per heavy atom. The number of rotatable bonds is 5. The predicted octanol–water partition coefficient (Wildman–Crippen LogP) is 2.84. The summed E-state index contributed by atoms with van der Waals surface area (Å²) in [6.45, 7) is -0.426. The lowest BCUT2D eigenvalue weighted by Crippen LogP contribution is -2.45. The minimum atomic E-state index is -4.46. The van der Waals surface area contributed by atoms with Gasteiger partial charge in [0.25, 0.3) is 0 Å². The van der Waals surface area contributed by atoms with Crippen LogP contribution in [0.15, 0.2) is 36.8 Å². The lowest BCUT2D eigenvalue weighted by atomic mass is 10.1. The Balaban J connectivity index is 1.59. The molecule has 29 heavy (non-hydrogen) atoms. The number of alkyl halides is 4. The van der Waals surface area contributed by atoms with Crippen LogP contribution in [0.2, 0.25) is 0 Å². The third kappa shape index (κ3) is 4.56. The number of piperidine rings is 1. The first-order chi connectivity index (χ1) is 13.9.